The predicted molar refractivity (Wildman–Crippen MR) is 200 cm³/mol. The molecule has 266 valence electrons. The summed E-state index contributed by atoms with van der Waals surface area (Å²) in [5, 5.41) is 42.5. The normalized spacial score (nSPS) is 26.3. The lowest BCUT2D eigenvalue weighted by Crippen LogP contribution is -2.41. The predicted octanol–water partition coefficient (Wildman–Crippen LogP) is 6.91. The van der Waals surface area contributed by atoms with Gasteiger partial charge < -0.3 is 37.2 Å². The van der Waals surface area contributed by atoms with E-state index < -0.39 is 14.1 Å². The summed E-state index contributed by atoms with van der Waals surface area (Å²) < 4.78 is 66.7. The first kappa shape index (κ1) is 35.5. The van der Waals surface area contributed by atoms with Crippen LogP contribution in [0.1, 0.15) is 22.3 Å². The van der Waals surface area contributed by atoms with Gasteiger partial charge in [-0.1, -0.05) is 145 Å². The summed E-state index contributed by atoms with van der Waals surface area (Å²) >= 11 is 1.08. The van der Waals surface area contributed by atoms with E-state index in [1.807, 2.05) is 12.1 Å². The van der Waals surface area contributed by atoms with Crippen molar-refractivity contribution in [2.24, 2.45) is 30.9 Å². The highest BCUT2D eigenvalue weighted by Gasteiger charge is 2.45. The van der Waals surface area contributed by atoms with E-state index in [1.165, 1.54) is 0 Å². The van der Waals surface area contributed by atoms with Crippen LogP contribution in [0.5, 0.6) is 0 Å². The van der Waals surface area contributed by atoms with Crippen molar-refractivity contribution in [1.82, 2.24) is 0 Å². The van der Waals surface area contributed by atoms with Crippen molar-refractivity contribution in [2.45, 2.75) is 0 Å². The van der Waals surface area contributed by atoms with Crippen LogP contribution >= 0.6 is 23.5 Å². The maximum atomic E-state index is 17.2. The minimum Gasteiger partial charge on any atom is -0.509 e. The topological polar surface area (TPSA) is 177 Å². The van der Waals surface area contributed by atoms with E-state index in [0.29, 0.717) is 45.8 Å². The molecule has 4 aliphatic rings. The highest BCUT2D eigenvalue weighted by Crippen LogP contribution is 2.38. The SMILES string of the molecule is N#CC1=C(C#N)SC2=N\O[B-]3(F)O/N=C(\c4ccccc4)C(c4ccccc4)=NO[B-](F)(O\N=C\2S1)O/N=C(c1ccccc1)/C(c1ccccc1)=N/O3. The van der Waals surface area contributed by atoms with E-state index >= 15 is 8.63 Å². The molecular weight excluding hydrogens is 740 g/mol. The van der Waals surface area contributed by atoms with E-state index in [1.54, 1.807) is 121 Å². The van der Waals surface area contributed by atoms with Gasteiger partial charge in [0.25, 0.3) is 0 Å². The van der Waals surface area contributed by atoms with Crippen LogP contribution in [-0.4, -0.2) is 47.0 Å². The third-order valence-corrected chi connectivity index (χ3v) is 9.41. The number of oxime groups is 6. The lowest BCUT2D eigenvalue weighted by Gasteiger charge is -2.30. The Morgan fingerprint density at radius 2 is 0.648 bits per heavy atom. The minimum absolute atomic E-state index is 0.155. The molecule has 8 rings (SSSR count). The number of halogens is 2. The van der Waals surface area contributed by atoms with E-state index in [9.17, 15) is 10.5 Å². The van der Waals surface area contributed by atoms with Crippen molar-refractivity contribution in [3.63, 3.8) is 0 Å². The zero-order valence-corrected chi connectivity index (χ0v) is 28.9. The number of nitriles is 2. The van der Waals surface area contributed by atoms with Crippen molar-refractivity contribution >= 4 is 70.5 Å². The lowest BCUT2D eigenvalue weighted by molar-refractivity contribution is 0.0222. The summed E-state index contributed by atoms with van der Waals surface area (Å²) in [5.41, 5.74) is 0.426. The largest absolute Gasteiger partial charge is 0.812 e. The zero-order valence-electron chi connectivity index (χ0n) is 27.3. The van der Waals surface area contributed by atoms with Crippen LogP contribution in [0.2, 0.25) is 0 Å². The van der Waals surface area contributed by atoms with Crippen LogP contribution < -0.4 is 0 Å². The molecule has 4 heterocycles. The summed E-state index contributed by atoms with van der Waals surface area (Å²) in [6.07, 6.45) is 0. The van der Waals surface area contributed by atoms with Crippen LogP contribution in [-0.2, 0) is 28.5 Å². The monoisotopic (exact) mass is 760 g/mol. The van der Waals surface area contributed by atoms with Gasteiger partial charge in [0.1, 0.15) is 44.8 Å². The number of hydrogen-bond acceptors (Lipinski definition) is 16. The number of allylic oxidation sites excluding steroid dienone is 2. The summed E-state index contributed by atoms with van der Waals surface area (Å²) in [5.74, 6) is 0. The maximum Gasteiger partial charge on any atom is 0.812 e. The summed E-state index contributed by atoms with van der Waals surface area (Å²) in [6, 6.07) is 36.6. The van der Waals surface area contributed by atoms with Crippen molar-refractivity contribution < 1.29 is 37.2 Å². The Morgan fingerprint density at radius 3 is 0.889 bits per heavy atom. The molecule has 4 aromatic rings. The second-order valence-electron chi connectivity index (χ2n) is 10.8. The van der Waals surface area contributed by atoms with Crippen LogP contribution in [0.25, 0.3) is 0 Å². The molecule has 4 aliphatic heterocycles. The van der Waals surface area contributed by atoms with Gasteiger partial charge in [-0.25, -0.2) is 0 Å². The van der Waals surface area contributed by atoms with Gasteiger partial charge in [0.05, 0.1) is 0 Å². The van der Waals surface area contributed by atoms with Crippen molar-refractivity contribution in [1.29, 1.82) is 10.5 Å². The Hall–Kier alpha value is -6.89. The first-order valence-corrected chi connectivity index (χ1v) is 17.3. The first-order valence-electron chi connectivity index (χ1n) is 15.7. The average Bonchev–Trinajstić information content (AvgIpc) is 3.22. The Morgan fingerprint density at radius 1 is 0.407 bits per heavy atom. The Kier molecular flexibility index (Phi) is 10.4. The van der Waals surface area contributed by atoms with Crippen molar-refractivity contribution in [3.8, 4) is 12.1 Å². The Labute approximate surface area is 313 Å². The molecule has 0 saturated carbocycles. The molecule has 0 aromatic heterocycles. The second kappa shape index (κ2) is 15.8. The number of rotatable bonds is 4. The van der Waals surface area contributed by atoms with Gasteiger partial charge in [0.15, 0.2) is 10.1 Å². The maximum absolute atomic E-state index is 17.2. The fraction of sp³-hybridized carbons (Fsp3) is 0. The molecule has 4 aromatic carbocycles. The molecule has 0 N–H and O–H groups in total. The molecular formula is C34H20B2F2N8O6S2-2. The summed E-state index contributed by atoms with van der Waals surface area (Å²) in [6.45, 7) is 0. The minimum atomic E-state index is -4.67. The molecule has 0 fully saturated rings. The van der Waals surface area contributed by atoms with Gasteiger partial charge in [0.2, 0.25) is 0 Å². The molecule has 2 bridgehead atoms. The van der Waals surface area contributed by atoms with Gasteiger partial charge in [-0.15, -0.1) is 30.9 Å². The zero-order chi connectivity index (χ0) is 37.4. The average molecular weight is 760 g/mol. The smallest absolute Gasteiger partial charge is 0.509 e. The van der Waals surface area contributed by atoms with E-state index in [2.05, 4.69) is 30.9 Å². The fourth-order valence-corrected chi connectivity index (χ4v) is 6.41. The molecule has 0 amide bonds. The third-order valence-electron chi connectivity index (χ3n) is 7.23. The standard InChI is InChI=1S/C34H20B2F2N8O6S2/c37-35-47-41-29(23-13-5-1-6-14-23)30(24-15-7-2-8-16-24)42-48-36(38,52-46-34-33(45-51-35)53-27(21-39)28(22-40)54-34)50-44-32(26-19-11-4-12-20-26)31(43-49-35)25-17-9-3-10-18-25/h1-20H/q-2/b41-29+,42-30+,43-31+,44-32?,45-33-,46-34-. The molecule has 2 unspecified atom stereocenters. The van der Waals surface area contributed by atoms with E-state index in [4.69, 9.17) is 28.5 Å². The van der Waals surface area contributed by atoms with Gasteiger partial charge in [-0.3, -0.25) is 0 Å². The van der Waals surface area contributed by atoms with Crippen LogP contribution in [0.15, 0.2) is 162 Å². The molecule has 2 atom stereocenters. The molecule has 20 heteroatoms. The van der Waals surface area contributed by atoms with E-state index in [-0.39, 0.29) is 42.7 Å². The summed E-state index contributed by atoms with van der Waals surface area (Å²) in [7, 11) is -9.34. The quantitative estimate of drug-likeness (QED) is 0.199. The molecule has 54 heavy (non-hydrogen) atoms. The number of fused-ring (bicyclic) bond motifs is 8. The number of benzene rings is 4. The number of hydrogen-bond donors (Lipinski definition) is 0. The summed E-state index contributed by atoms with van der Waals surface area (Å²) in [4.78, 5) is -0.311. The molecule has 14 nitrogen and oxygen atoms in total. The van der Waals surface area contributed by atoms with Gasteiger partial charge in [-0.2, -0.15) is 10.5 Å². The van der Waals surface area contributed by atoms with Crippen LogP contribution in [0, 0.1) is 22.7 Å². The molecule has 0 aliphatic carbocycles. The Balaban J connectivity index is 1.50. The number of thioether (sulfide) groups is 2. The highest BCUT2D eigenvalue weighted by molar-refractivity contribution is 8.31. The van der Waals surface area contributed by atoms with Gasteiger partial charge in [0, 0.05) is 22.3 Å². The fourth-order valence-electron chi connectivity index (χ4n) is 4.75. The Bertz CT molecular complexity index is 2080. The lowest BCUT2D eigenvalue weighted by atomic mass is 10.00. The van der Waals surface area contributed by atoms with Crippen LogP contribution in [0.3, 0.4) is 0 Å². The van der Waals surface area contributed by atoms with E-state index in [0.717, 1.165) is 0 Å². The molecule has 0 saturated heterocycles. The van der Waals surface area contributed by atoms with Crippen LogP contribution in [0.4, 0.5) is 8.63 Å². The molecule has 0 spiro atoms. The highest BCUT2D eigenvalue weighted by atomic mass is 32.2. The number of nitrogens with zero attached hydrogens (tertiary/aromatic N) is 8. The van der Waals surface area contributed by atoms with Gasteiger partial charge in [-0.05, 0) is 0 Å². The second-order valence-corrected chi connectivity index (χ2v) is 12.8. The third kappa shape index (κ3) is 7.94. The van der Waals surface area contributed by atoms with Crippen molar-refractivity contribution in [3.05, 3.63) is 153 Å². The molecule has 0 radical (unpaired) electrons. The first-order chi connectivity index (χ1) is 26.4. The van der Waals surface area contributed by atoms with Crippen molar-refractivity contribution in [2.75, 3.05) is 0 Å². The van der Waals surface area contributed by atoms with Gasteiger partial charge >= 0.3 is 14.1 Å².